The SMILES string of the molecule is CCOC(=O)c1ccc(NCc2ccccc2)nc1. The number of rotatable bonds is 5. The van der Waals surface area contributed by atoms with Gasteiger partial charge in [0.1, 0.15) is 5.82 Å². The number of nitrogens with one attached hydrogen (secondary N) is 1. The number of hydrogen-bond acceptors (Lipinski definition) is 4. The Kier molecular flexibility index (Phi) is 4.50. The number of aromatic nitrogens is 1. The van der Waals surface area contributed by atoms with Crippen LogP contribution in [0.15, 0.2) is 48.7 Å². The molecule has 0 aliphatic rings. The molecule has 98 valence electrons. The molecule has 0 saturated heterocycles. The van der Waals surface area contributed by atoms with E-state index in [1.807, 2.05) is 30.3 Å². The monoisotopic (exact) mass is 256 g/mol. The van der Waals surface area contributed by atoms with Crippen molar-refractivity contribution in [2.45, 2.75) is 13.5 Å². The minimum atomic E-state index is -0.343. The van der Waals surface area contributed by atoms with Gasteiger partial charge in [0.2, 0.25) is 0 Å². The first-order valence-corrected chi connectivity index (χ1v) is 6.20. The van der Waals surface area contributed by atoms with E-state index in [0.29, 0.717) is 18.7 Å². The molecule has 1 heterocycles. The molecule has 0 aliphatic carbocycles. The van der Waals surface area contributed by atoms with Crippen LogP contribution in [0.5, 0.6) is 0 Å². The van der Waals surface area contributed by atoms with E-state index in [0.717, 1.165) is 5.82 Å². The molecule has 1 N–H and O–H groups in total. The molecular formula is C15H16N2O2. The fourth-order valence-electron chi connectivity index (χ4n) is 1.62. The highest BCUT2D eigenvalue weighted by atomic mass is 16.5. The van der Waals surface area contributed by atoms with Crippen LogP contribution >= 0.6 is 0 Å². The largest absolute Gasteiger partial charge is 0.462 e. The summed E-state index contributed by atoms with van der Waals surface area (Å²) in [5.74, 6) is 0.390. The van der Waals surface area contributed by atoms with Crippen molar-refractivity contribution in [3.05, 3.63) is 59.8 Å². The number of esters is 1. The molecule has 1 aromatic carbocycles. The fourth-order valence-corrected chi connectivity index (χ4v) is 1.62. The Hall–Kier alpha value is -2.36. The van der Waals surface area contributed by atoms with Gasteiger partial charge in [0.25, 0.3) is 0 Å². The number of carbonyl (C=O) groups excluding carboxylic acids is 1. The number of anilines is 1. The molecule has 0 aliphatic heterocycles. The van der Waals surface area contributed by atoms with Gasteiger partial charge in [-0.3, -0.25) is 0 Å². The number of pyridine rings is 1. The van der Waals surface area contributed by atoms with Crippen molar-refractivity contribution in [1.82, 2.24) is 4.98 Å². The van der Waals surface area contributed by atoms with E-state index in [2.05, 4.69) is 10.3 Å². The third-order valence-corrected chi connectivity index (χ3v) is 2.59. The van der Waals surface area contributed by atoms with E-state index in [1.165, 1.54) is 11.8 Å². The topological polar surface area (TPSA) is 51.2 Å². The highest BCUT2D eigenvalue weighted by Crippen LogP contribution is 2.08. The second-order valence-electron chi connectivity index (χ2n) is 3.99. The second-order valence-corrected chi connectivity index (χ2v) is 3.99. The van der Waals surface area contributed by atoms with Crippen molar-refractivity contribution < 1.29 is 9.53 Å². The molecule has 0 radical (unpaired) electrons. The van der Waals surface area contributed by atoms with Gasteiger partial charge in [0.15, 0.2) is 0 Å². The molecule has 2 aromatic rings. The number of ether oxygens (including phenoxy) is 1. The molecule has 4 nitrogen and oxygen atoms in total. The van der Waals surface area contributed by atoms with Gasteiger partial charge in [0, 0.05) is 12.7 Å². The van der Waals surface area contributed by atoms with Crippen LogP contribution in [0.2, 0.25) is 0 Å². The third-order valence-electron chi connectivity index (χ3n) is 2.59. The Morgan fingerprint density at radius 3 is 2.63 bits per heavy atom. The molecule has 4 heteroatoms. The van der Waals surface area contributed by atoms with E-state index in [4.69, 9.17) is 4.74 Å². The maximum absolute atomic E-state index is 11.5. The standard InChI is InChI=1S/C15H16N2O2/c1-2-19-15(18)13-8-9-14(17-11-13)16-10-12-6-4-3-5-7-12/h3-9,11H,2,10H2,1H3,(H,16,17). The second kappa shape index (κ2) is 6.54. The van der Waals surface area contributed by atoms with Gasteiger partial charge in [-0.05, 0) is 24.6 Å². The first kappa shape index (κ1) is 13.1. The van der Waals surface area contributed by atoms with Crippen molar-refractivity contribution in [1.29, 1.82) is 0 Å². The normalized spacial score (nSPS) is 9.95. The van der Waals surface area contributed by atoms with Crippen molar-refractivity contribution in [2.24, 2.45) is 0 Å². The van der Waals surface area contributed by atoms with Crippen LogP contribution in [0.3, 0.4) is 0 Å². The molecule has 19 heavy (non-hydrogen) atoms. The van der Waals surface area contributed by atoms with E-state index >= 15 is 0 Å². The van der Waals surface area contributed by atoms with E-state index in [-0.39, 0.29) is 5.97 Å². The summed E-state index contributed by atoms with van der Waals surface area (Å²) in [4.78, 5) is 15.6. The molecule has 0 fully saturated rings. The Labute approximate surface area is 112 Å². The molecule has 2 rings (SSSR count). The first-order valence-electron chi connectivity index (χ1n) is 6.20. The smallest absolute Gasteiger partial charge is 0.339 e. The fraction of sp³-hybridized carbons (Fsp3) is 0.200. The average molecular weight is 256 g/mol. The zero-order valence-corrected chi connectivity index (χ0v) is 10.8. The predicted octanol–water partition coefficient (Wildman–Crippen LogP) is 2.87. The third kappa shape index (κ3) is 3.81. The number of nitrogens with zero attached hydrogens (tertiary/aromatic N) is 1. The van der Waals surface area contributed by atoms with Crippen molar-refractivity contribution in [2.75, 3.05) is 11.9 Å². The Bertz CT molecular complexity index is 524. The van der Waals surface area contributed by atoms with Gasteiger partial charge >= 0.3 is 5.97 Å². The number of carbonyl (C=O) groups is 1. The molecular weight excluding hydrogens is 240 g/mol. The quantitative estimate of drug-likeness (QED) is 0.836. The van der Waals surface area contributed by atoms with Crippen LogP contribution in [0.4, 0.5) is 5.82 Å². The molecule has 0 amide bonds. The average Bonchev–Trinajstić information content (AvgIpc) is 2.47. The lowest BCUT2D eigenvalue weighted by Crippen LogP contribution is -2.06. The molecule has 0 bridgehead atoms. The Morgan fingerprint density at radius 2 is 2.00 bits per heavy atom. The summed E-state index contributed by atoms with van der Waals surface area (Å²) >= 11 is 0. The summed E-state index contributed by atoms with van der Waals surface area (Å²) in [5.41, 5.74) is 1.64. The van der Waals surface area contributed by atoms with Crippen LogP contribution in [-0.2, 0) is 11.3 Å². The maximum Gasteiger partial charge on any atom is 0.339 e. The van der Waals surface area contributed by atoms with E-state index < -0.39 is 0 Å². The molecule has 0 atom stereocenters. The van der Waals surface area contributed by atoms with E-state index in [9.17, 15) is 4.79 Å². The van der Waals surface area contributed by atoms with Gasteiger partial charge in [-0.15, -0.1) is 0 Å². The van der Waals surface area contributed by atoms with Gasteiger partial charge in [-0.2, -0.15) is 0 Å². The summed E-state index contributed by atoms with van der Waals surface area (Å²) in [6.45, 7) is 2.85. The van der Waals surface area contributed by atoms with E-state index in [1.54, 1.807) is 19.1 Å². The van der Waals surface area contributed by atoms with Gasteiger partial charge < -0.3 is 10.1 Å². The maximum atomic E-state index is 11.5. The minimum Gasteiger partial charge on any atom is -0.462 e. The summed E-state index contributed by atoms with van der Waals surface area (Å²) < 4.78 is 4.90. The summed E-state index contributed by atoms with van der Waals surface area (Å²) in [6.07, 6.45) is 1.52. The molecule has 0 saturated carbocycles. The van der Waals surface area contributed by atoms with Crippen LogP contribution in [0.25, 0.3) is 0 Å². The highest BCUT2D eigenvalue weighted by Gasteiger charge is 2.06. The number of hydrogen-bond donors (Lipinski definition) is 1. The predicted molar refractivity (Wildman–Crippen MR) is 74.0 cm³/mol. The van der Waals surface area contributed by atoms with Gasteiger partial charge in [-0.1, -0.05) is 30.3 Å². The lowest BCUT2D eigenvalue weighted by molar-refractivity contribution is 0.0526. The lowest BCUT2D eigenvalue weighted by atomic mass is 10.2. The van der Waals surface area contributed by atoms with Crippen LogP contribution in [-0.4, -0.2) is 17.6 Å². The van der Waals surface area contributed by atoms with Gasteiger partial charge in [0.05, 0.1) is 12.2 Å². The zero-order chi connectivity index (χ0) is 13.5. The molecule has 1 aromatic heterocycles. The summed E-state index contributed by atoms with van der Waals surface area (Å²) in [7, 11) is 0. The zero-order valence-electron chi connectivity index (χ0n) is 10.8. The molecule has 0 spiro atoms. The van der Waals surface area contributed by atoms with Crippen molar-refractivity contribution in [3.63, 3.8) is 0 Å². The van der Waals surface area contributed by atoms with Crippen LogP contribution < -0.4 is 5.32 Å². The van der Waals surface area contributed by atoms with Gasteiger partial charge in [-0.25, -0.2) is 9.78 Å². The van der Waals surface area contributed by atoms with Crippen molar-refractivity contribution in [3.8, 4) is 0 Å². The molecule has 0 unspecified atom stereocenters. The minimum absolute atomic E-state index is 0.343. The lowest BCUT2D eigenvalue weighted by Gasteiger charge is -2.06. The van der Waals surface area contributed by atoms with Crippen LogP contribution in [0.1, 0.15) is 22.8 Å². The summed E-state index contributed by atoms with van der Waals surface area (Å²) in [6, 6.07) is 13.5. The van der Waals surface area contributed by atoms with Crippen molar-refractivity contribution >= 4 is 11.8 Å². The Morgan fingerprint density at radius 1 is 1.21 bits per heavy atom. The van der Waals surface area contributed by atoms with Crippen LogP contribution in [0, 0.1) is 0 Å². The highest BCUT2D eigenvalue weighted by molar-refractivity contribution is 5.89. The number of benzene rings is 1. The Balaban J connectivity index is 1.94. The summed E-state index contributed by atoms with van der Waals surface area (Å²) in [5, 5.41) is 3.20. The first-order chi connectivity index (χ1) is 9.29.